The molecule has 0 heterocycles. The molecule has 0 radical (unpaired) electrons. The molecule has 0 bridgehead atoms. The minimum absolute atomic E-state index is 0.194. The van der Waals surface area contributed by atoms with Crippen LogP contribution in [-0.2, 0) is 6.42 Å². The molecule has 0 saturated heterocycles. The molecule has 0 amide bonds. The number of benzene rings is 1. The van der Waals surface area contributed by atoms with E-state index in [2.05, 4.69) is 18.2 Å². The van der Waals surface area contributed by atoms with Gasteiger partial charge in [-0.2, -0.15) is 0 Å². The van der Waals surface area contributed by atoms with Crippen molar-refractivity contribution in [2.24, 2.45) is 11.8 Å². The molecule has 1 aromatic rings. The van der Waals surface area contributed by atoms with E-state index in [4.69, 9.17) is 0 Å². The van der Waals surface area contributed by atoms with Crippen LogP contribution in [0.5, 0.6) is 0 Å². The van der Waals surface area contributed by atoms with E-state index in [0.29, 0.717) is 5.92 Å². The number of hydrogen-bond donors (Lipinski definition) is 1. The molecule has 2 aliphatic carbocycles. The minimum Gasteiger partial charge on any atom is -0.388 e. The summed E-state index contributed by atoms with van der Waals surface area (Å²) in [5.74, 6) is 1.48. The van der Waals surface area contributed by atoms with Gasteiger partial charge in [-0.15, -0.1) is 0 Å². The van der Waals surface area contributed by atoms with Gasteiger partial charge in [0.05, 0.1) is 6.10 Å². The Hall–Kier alpha value is -0.820. The second kappa shape index (κ2) is 3.64. The average molecular weight is 202 g/mol. The van der Waals surface area contributed by atoms with Crippen LogP contribution in [0.25, 0.3) is 0 Å². The van der Waals surface area contributed by atoms with Crippen molar-refractivity contribution >= 4 is 0 Å². The highest BCUT2D eigenvalue weighted by atomic mass is 16.3. The summed E-state index contributed by atoms with van der Waals surface area (Å²) in [6.07, 6.45) is 6.28. The molecule has 3 rings (SSSR count). The molecule has 0 spiro atoms. The number of aliphatic hydroxyl groups is 1. The van der Waals surface area contributed by atoms with Crippen LogP contribution in [0.15, 0.2) is 24.3 Å². The normalized spacial score (nSPS) is 29.1. The highest BCUT2D eigenvalue weighted by Crippen LogP contribution is 2.42. The Kier molecular flexibility index (Phi) is 2.28. The third-order valence-corrected chi connectivity index (χ3v) is 3.94. The average Bonchev–Trinajstić information content (AvgIpc) is 3.03. The zero-order valence-electron chi connectivity index (χ0n) is 9.02. The van der Waals surface area contributed by atoms with Gasteiger partial charge < -0.3 is 5.11 Å². The van der Waals surface area contributed by atoms with Gasteiger partial charge in [0, 0.05) is 0 Å². The zero-order valence-corrected chi connectivity index (χ0v) is 9.02. The number of rotatable bonds is 3. The summed E-state index contributed by atoms with van der Waals surface area (Å²) in [4.78, 5) is 0. The van der Waals surface area contributed by atoms with Gasteiger partial charge in [0.15, 0.2) is 0 Å². The minimum atomic E-state index is -0.194. The topological polar surface area (TPSA) is 20.2 Å². The van der Waals surface area contributed by atoms with Crippen LogP contribution in [0.4, 0.5) is 0 Å². The highest BCUT2D eigenvalue weighted by Gasteiger charge is 2.32. The first-order valence-corrected chi connectivity index (χ1v) is 6.10. The maximum absolute atomic E-state index is 10.2. The lowest BCUT2D eigenvalue weighted by atomic mass is 9.96. The van der Waals surface area contributed by atoms with E-state index in [1.54, 1.807) is 0 Å². The van der Waals surface area contributed by atoms with Gasteiger partial charge in [-0.3, -0.25) is 0 Å². The molecule has 0 aromatic heterocycles. The van der Waals surface area contributed by atoms with Crippen LogP contribution in [0.1, 0.15) is 42.9 Å². The van der Waals surface area contributed by atoms with Crippen molar-refractivity contribution in [3.8, 4) is 0 Å². The van der Waals surface area contributed by atoms with Crippen molar-refractivity contribution < 1.29 is 5.11 Å². The molecular weight excluding hydrogens is 184 g/mol. The van der Waals surface area contributed by atoms with Crippen LogP contribution < -0.4 is 0 Å². The first-order valence-electron chi connectivity index (χ1n) is 6.10. The summed E-state index contributed by atoms with van der Waals surface area (Å²) in [6.45, 7) is 0. The Morgan fingerprint density at radius 3 is 2.67 bits per heavy atom. The molecule has 1 aromatic carbocycles. The lowest BCUT2D eigenvalue weighted by Gasteiger charge is -2.14. The molecule has 2 unspecified atom stereocenters. The Labute approximate surface area is 91.1 Å². The molecule has 2 aliphatic rings. The quantitative estimate of drug-likeness (QED) is 0.798. The smallest absolute Gasteiger partial charge is 0.0824 e. The second-order valence-corrected chi connectivity index (χ2v) is 5.13. The SMILES string of the molecule is OC1c2ccccc2CC1CCC1CC1. The lowest BCUT2D eigenvalue weighted by Crippen LogP contribution is -2.07. The summed E-state index contributed by atoms with van der Waals surface area (Å²) >= 11 is 0. The Balaban J connectivity index is 1.68. The Bertz CT molecular complexity index is 354. The van der Waals surface area contributed by atoms with E-state index >= 15 is 0 Å². The summed E-state index contributed by atoms with van der Waals surface area (Å²) in [5, 5.41) is 10.2. The molecule has 1 heteroatoms. The van der Waals surface area contributed by atoms with Crippen molar-refractivity contribution in [3.05, 3.63) is 35.4 Å². The van der Waals surface area contributed by atoms with Crippen LogP contribution in [0, 0.1) is 11.8 Å². The molecule has 80 valence electrons. The van der Waals surface area contributed by atoms with E-state index in [0.717, 1.165) is 12.3 Å². The van der Waals surface area contributed by atoms with Gasteiger partial charge in [0.1, 0.15) is 0 Å². The third kappa shape index (κ3) is 1.81. The fourth-order valence-corrected chi connectivity index (χ4v) is 2.77. The number of fused-ring (bicyclic) bond motifs is 1. The van der Waals surface area contributed by atoms with Gasteiger partial charge in [-0.25, -0.2) is 0 Å². The summed E-state index contributed by atoms with van der Waals surface area (Å²) in [5.41, 5.74) is 2.55. The highest BCUT2D eigenvalue weighted by molar-refractivity contribution is 5.34. The van der Waals surface area contributed by atoms with Gasteiger partial charge >= 0.3 is 0 Å². The second-order valence-electron chi connectivity index (χ2n) is 5.13. The molecule has 1 fully saturated rings. The standard InChI is InChI=1S/C14H18O/c15-14-12(8-7-10-5-6-10)9-11-3-1-2-4-13(11)14/h1-4,10,12,14-15H,5-9H2. The lowest BCUT2D eigenvalue weighted by molar-refractivity contribution is 0.116. The fourth-order valence-electron chi connectivity index (χ4n) is 2.77. The molecule has 2 atom stereocenters. The summed E-state index contributed by atoms with van der Waals surface area (Å²) < 4.78 is 0. The first kappa shape index (κ1) is 9.41. The van der Waals surface area contributed by atoms with Gasteiger partial charge in [-0.05, 0) is 35.8 Å². The number of aliphatic hydroxyl groups excluding tert-OH is 1. The number of hydrogen-bond acceptors (Lipinski definition) is 1. The maximum atomic E-state index is 10.2. The molecular formula is C14H18O. The van der Waals surface area contributed by atoms with Gasteiger partial charge in [0.25, 0.3) is 0 Å². The Morgan fingerprint density at radius 2 is 1.93 bits per heavy atom. The molecule has 0 aliphatic heterocycles. The van der Waals surface area contributed by atoms with Crippen LogP contribution >= 0.6 is 0 Å². The first-order chi connectivity index (χ1) is 7.34. The maximum Gasteiger partial charge on any atom is 0.0824 e. The van der Waals surface area contributed by atoms with E-state index < -0.39 is 0 Å². The summed E-state index contributed by atoms with van der Waals surface area (Å²) in [7, 11) is 0. The van der Waals surface area contributed by atoms with E-state index in [1.807, 2.05) is 6.07 Å². The van der Waals surface area contributed by atoms with E-state index in [-0.39, 0.29) is 6.10 Å². The predicted octanol–water partition coefficient (Wildman–Crippen LogP) is 3.08. The summed E-state index contributed by atoms with van der Waals surface area (Å²) in [6, 6.07) is 8.35. The monoisotopic (exact) mass is 202 g/mol. The molecule has 15 heavy (non-hydrogen) atoms. The van der Waals surface area contributed by atoms with Crippen molar-refractivity contribution in [2.75, 3.05) is 0 Å². The van der Waals surface area contributed by atoms with Crippen molar-refractivity contribution in [2.45, 2.75) is 38.2 Å². The van der Waals surface area contributed by atoms with Crippen molar-refractivity contribution in [1.29, 1.82) is 0 Å². The zero-order chi connectivity index (χ0) is 10.3. The van der Waals surface area contributed by atoms with Crippen molar-refractivity contribution in [3.63, 3.8) is 0 Å². The van der Waals surface area contributed by atoms with Crippen LogP contribution in [-0.4, -0.2) is 5.11 Å². The Morgan fingerprint density at radius 1 is 1.13 bits per heavy atom. The fraction of sp³-hybridized carbons (Fsp3) is 0.571. The van der Waals surface area contributed by atoms with Crippen LogP contribution in [0.2, 0.25) is 0 Å². The van der Waals surface area contributed by atoms with E-state index in [1.165, 1.54) is 36.8 Å². The molecule has 1 saturated carbocycles. The van der Waals surface area contributed by atoms with Gasteiger partial charge in [0.2, 0.25) is 0 Å². The third-order valence-electron chi connectivity index (χ3n) is 3.94. The predicted molar refractivity (Wildman–Crippen MR) is 60.6 cm³/mol. The molecule has 1 nitrogen and oxygen atoms in total. The van der Waals surface area contributed by atoms with Crippen LogP contribution in [0.3, 0.4) is 0 Å². The van der Waals surface area contributed by atoms with Gasteiger partial charge in [-0.1, -0.05) is 43.5 Å². The molecule has 1 N–H and O–H groups in total. The van der Waals surface area contributed by atoms with E-state index in [9.17, 15) is 5.11 Å². The van der Waals surface area contributed by atoms with Crippen molar-refractivity contribution in [1.82, 2.24) is 0 Å². The largest absolute Gasteiger partial charge is 0.388 e.